The van der Waals surface area contributed by atoms with Gasteiger partial charge in [-0.25, -0.2) is 0 Å². The largest absolute Gasteiger partial charge is 0.460 e. The Labute approximate surface area is 141 Å². The Hall–Kier alpha value is -2.88. The van der Waals surface area contributed by atoms with Crippen LogP contribution in [-0.2, 0) is 19.1 Å². The molecular weight excluding hydrogens is 304 g/mol. The van der Waals surface area contributed by atoms with Crippen molar-refractivity contribution >= 4 is 11.9 Å². The molecule has 0 N–H and O–H groups in total. The van der Waals surface area contributed by atoms with E-state index in [1.54, 1.807) is 24.3 Å². The summed E-state index contributed by atoms with van der Waals surface area (Å²) >= 11 is 0. The van der Waals surface area contributed by atoms with Crippen LogP contribution in [0.5, 0.6) is 0 Å². The molecule has 1 atom stereocenters. The molecule has 124 valence electrons. The molecule has 0 aliphatic heterocycles. The maximum absolute atomic E-state index is 12.8. The standard InChI is InChI=1S/C20H20O4/c1-3-14-23-18(21)20(19(22)24-15-4-2)13-9-8-12-17(20)16-10-6-5-7-11-16/h3-13,17H,1-2,14-15H2. The number of carbonyl (C=O) groups is 2. The highest BCUT2D eigenvalue weighted by atomic mass is 16.6. The van der Waals surface area contributed by atoms with E-state index in [2.05, 4.69) is 13.2 Å². The van der Waals surface area contributed by atoms with Gasteiger partial charge in [0, 0.05) is 5.92 Å². The minimum atomic E-state index is -1.57. The average Bonchev–Trinajstić information content (AvgIpc) is 2.64. The lowest BCUT2D eigenvalue weighted by molar-refractivity contribution is -0.168. The number of allylic oxidation sites excluding steroid dienone is 3. The van der Waals surface area contributed by atoms with Gasteiger partial charge in [-0.1, -0.05) is 79.9 Å². The number of hydrogen-bond donors (Lipinski definition) is 0. The normalized spacial score (nSPS) is 17.8. The fourth-order valence-electron chi connectivity index (χ4n) is 2.65. The van der Waals surface area contributed by atoms with E-state index < -0.39 is 23.3 Å². The summed E-state index contributed by atoms with van der Waals surface area (Å²) in [5.41, 5.74) is -0.744. The van der Waals surface area contributed by atoms with Crippen LogP contribution in [0.15, 0.2) is 79.9 Å². The summed E-state index contributed by atoms with van der Waals surface area (Å²) in [5, 5.41) is 0. The zero-order valence-corrected chi connectivity index (χ0v) is 13.4. The van der Waals surface area contributed by atoms with Gasteiger partial charge in [0.1, 0.15) is 13.2 Å². The van der Waals surface area contributed by atoms with Crippen molar-refractivity contribution < 1.29 is 19.1 Å². The second-order valence-electron chi connectivity index (χ2n) is 5.28. The van der Waals surface area contributed by atoms with Gasteiger partial charge in [-0.15, -0.1) is 0 Å². The second kappa shape index (κ2) is 8.11. The highest BCUT2D eigenvalue weighted by Gasteiger charge is 2.53. The van der Waals surface area contributed by atoms with Crippen LogP contribution in [0.1, 0.15) is 11.5 Å². The lowest BCUT2D eigenvalue weighted by atomic mass is 9.69. The summed E-state index contributed by atoms with van der Waals surface area (Å²) in [7, 11) is 0. The first-order chi connectivity index (χ1) is 11.7. The SMILES string of the molecule is C=CCOC(=O)C1(C(=O)OCC=C)C=CC=CC1c1ccccc1. The van der Waals surface area contributed by atoms with Gasteiger partial charge in [-0.3, -0.25) is 9.59 Å². The fraction of sp³-hybridized carbons (Fsp3) is 0.200. The van der Waals surface area contributed by atoms with E-state index in [1.807, 2.05) is 30.3 Å². The van der Waals surface area contributed by atoms with E-state index in [-0.39, 0.29) is 13.2 Å². The average molecular weight is 324 g/mol. The fourth-order valence-corrected chi connectivity index (χ4v) is 2.65. The molecule has 1 aliphatic rings. The molecule has 1 aromatic carbocycles. The minimum absolute atomic E-state index is 0.0222. The van der Waals surface area contributed by atoms with Crippen molar-refractivity contribution in [1.82, 2.24) is 0 Å². The van der Waals surface area contributed by atoms with Gasteiger partial charge >= 0.3 is 11.9 Å². The molecule has 0 heterocycles. The van der Waals surface area contributed by atoms with Crippen molar-refractivity contribution in [3.05, 3.63) is 85.5 Å². The van der Waals surface area contributed by atoms with Crippen molar-refractivity contribution in [2.45, 2.75) is 5.92 Å². The van der Waals surface area contributed by atoms with Crippen LogP contribution in [0, 0.1) is 5.41 Å². The zero-order valence-electron chi connectivity index (χ0n) is 13.4. The Kier molecular flexibility index (Phi) is 5.90. The van der Waals surface area contributed by atoms with E-state index in [0.29, 0.717) is 0 Å². The second-order valence-corrected chi connectivity index (χ2v) is 5.28. The van der Waals surface area contributed by atoms with E-state index in [1.165, 1.54) is 12.2 Å². The Morgan fingerprint density at radius 2 is 1.58 bits per heavy atom. The van der Waals surface area contributed by atoms with Crippen LogP contribution in [-0.4, -0.2) is 25.2 Å². The summed E-state index contributed by atoms with van der Waals surface area (Å²) in [6, 6.07) is 9.32. The molecule has 0 aromatic heterocycles. The van der Waals surface area contributed by atoms with Crippen molar-refractivity contribution in [2.75, 3.05) is 13.2 Å². The third kappa shape index (κ3) is 3.38. The lowest BCUT2D eigenvalue weighted by Gasteiger charge is -2.34. The number of ether oxygens (including phenoxy) is 2. The van der Waals surface area contributed by atoms with Gasteiger partial charge in [-0.05, 0) is 5.56 Å². The molecule has 0 spiro atoms. The van der Waals surface area contributed by atoms with E-state index in [9.17, 15) is 9.59 Å². The predicted octanol–water partition coefficient (Wildman–Crippen LogP) is 3.34. The van der Waals surface area contributed by atoms with Crippen molar-refractivity contribution in [3.63, 3.8) is 0 Å². The third-order valence-electron chi connectivity index (χ3n) is 3.76. The van der Waals surface area contributed by atoms with Crippen molar-refractivity contribution in [3.8, 4) is 0 Å². The maximum atomic E-state index is 12.8. The zero-order chi connectivity index (χ0) is 17.4. The van der Waals surface area contributed by atoms with Crippen molar-refractivity contribution in [2.24, 2.45) is 5.41 Å². The van der Waals surface area contributed by atoms with E-state index in [4.69, 9.17) is 9.47 Å². The summed E-state index contributed by atoms with van der Waals surface area (Å²) in [4.78, 5) is 25.6. The van der Waals surface area contributed by atoms with Crippen molar-refractivity contribution in [1.29, 1.82) is 0 Å². The van der Waals surface area contributed by atoms with Crippen LogP contribution in [0.2, 0.25) is 0 Å². The van der Waals surface area contributed by atoms with Crippen LogP contribution in [0.3, 0.4) is 0 Å². The number of benzene rings is 1. The molecule has 1 aliphatic carbocycles. The Morgan fingerprint density at radius 3 is 2.12 bits per heavy atom. The first kappa shape index (κ1) is 17.5. The highest BCUT2D eigenvalue weighted by Crippen LogP contribution is 2.43. The molecule has 0 bridgehead atoms. The van der Waals surface area contributed by atoms with Crippen LogP contribution in [0.25, 0.3) is 0 Å². The summed E-state index contributed by atoms with van der Waals surface area (Å²) < 4.78 is 10.4. The lowest BCUT2D eigenvalue weighted by Crippen LogP contribution is -2.45. The van der Waals surface area contributed by atoms with Gasteiger partial charge in [0.25, 0.3) is 0 Å². The quantitative estimate of drug-likeness (QED) is 0.438. The molecular formula is C20H20O4. The van der Waals surface area contributed by atoms with Crippen LogP contribution >= 0.6 is 0 Å². The number of carbonyl (C=O) groups excluding carboxylic acids is 2. The predicted molar refractivity (Wildman–Crippen MR) is 92.2 cm³/mol. The molecule has 4 heteroatoms. The van der Waals surface area contributed by atoms with E-state index >= 15 is 0 Å². The molecule has 24 heavy (non-hydrogen) atoms. The van der Waals surface area contributed by atoms with Gasteiger partial charge in [0.2, 0.25) is 0 Å². The monoisotopic (exact) mass is 324 g/mol. The van der Waals surface area contributed by atoms with E-state index in [0.717, 1.165) is 5.56 Å². The summed E-state index contributed by atoms with van der Waals surface area (Å²) in [6.07, 6.45) is 9.73. The summed E-state index contributed by atoms with van der Waals surface area (Å²) in [5.74, 6) is -1.84. The number of hydrogen-bond acceptors (Lipinski definition) is 4. The molecule has 0 amide bonds. The van der Waals surface area contributed by atoms with Crippen LogP contribution < -0.4 is 0 Å². The van der Waals surface area contributed by atoms with Crippen LogP contribution in [0.4, 0.5) is 0 Å². The highest BCUT2D eigenvalue weighted by molar-refractivity contribution is 6.04. The number of rotatable bonds is 7. The molecule has 1 unspecified atom stereocenters. The number of esters is 2. The molecule has 0 radical (unpaired) electrons. The van der Waals surface area contributed by atoms with Gasteiger partial charge in [0.15, 0.2) is 5.41 Å². The topological polar surface area (TPSA) is 52.6 Å². The first-order valence-corrected chi connectivity index (χ1v) is 7.64. The van der Waals surface area contributed by atoms with Gasteiger partial charge in [-0.2, -0.15) is 0 Å². The van der Waals surface area contributed by atoms with Gasteiger partial charge in [0.05, 0.1) is 0 Å². The Morgan fingerprint density at radius 1 is 1.00 bits per heavy atom. The maximum Gasteiger partial charge on any atom is 0.328 e. The van der Waals surface area contributed by atoms with Gasteiger partial charge < -0.3 is 9.47 Å². The molecule has 0 saturated carbocycles. The first-order valence-electron chi connectivity index (χ1n) is 7.64. The summed E-state index contributed by atoms with van der Waals surface area (Å²) in [6.45, 7) is 7.11. The molecule has 0 saturated heterocycles. The molecule has 0 fully saturated rings. The Bertz CT molecular complexity index is 646. The molecule has 2 rings (SSSR count). The molecule has 4 nitrogen and oxygen atoms in total. The smallest absolute Gasteiger partial charge is 0.328 e. The third-order valence-corrected chi connectivity index (χ3v) is 3.76. The Balaban J connectivity index is 2.49. The minimum Gasteiger partial charge on any atom is -0.460 e. The molecule has 1 aromatic rings.